The number of ether oxygens (including phenoxy) is 1. The third-order valence-electron chi connectivity index (χ3n) is 1.86. The summed E-state index contributed by atoms with van der Waals surface area (Å²) in [5.74, 6) is -0.865. The van der Waals surface area contributed by atoms with Gasteiger partial charge in [-0.15, -0.1) is 0 Å². The quantitative estimate of drug-likeness (QED) is 0.696. The minimum Gasteiger partial charge on any atom is -0.464 e. The lowest BCUT2D eigenvalue weighted by atomic mass is 9.90. The van der Waals surface area contributed by atoms with Crippen LogP contribution in [0.4, 0.5) is 4.39 Å². The van der Waals surface area contributed by atoms with Gasteiger partial charge in [0.1, 0.15) is 5.60 Å². The zero-order chi connectivity index (χ0) is 11.4. The minimum absolute atomic E-state index is 0.122. The van der Waals surface area contributed by atoms with Crippen LogP contribution in [0.1, 0.15) is 34.1 Å². The predicted molar refractivity (Wildman–Crippen MR) is 51.6 cm³/mol. The van der Waals surface area contributed by atoms with Gasteiger partial charge in [-0.05, 0) is 26.2 Å². The molecule has 0 spiro atoms. The Morgan fingerprint density at radius 3 is 2.43 bits per heavy atom. The van der Waals surface area contributed by atoms with E-state index in [-0.39, 0.29) is 18.9 Å². The first-order valence-electron chi connectivity index (χ1n) is 4.84. The predicted octanol–water partition coefficient (Wildman–Crippen LogP) is 1.68. The Bertz CT molecular complexity index is 190. The number of hydrogen-bond acceptors (Lipinski definition) is 3. The number of halogens is 1. The first kappa shape index (κ1) is 13.4. The topological polar surface area (TPSA) is 46.5 Å². The van der Waals surface area contributed by atoms with E-state index in [2.05, 4.69) is 4.74 Å². The molecular weight excluding hydrogens is 187 g/mol. The molecule has 0 aliphatic heterocycles. The average Bonchev–Trinajstić information content (AvgIpc) is 2.01. The number of rotatable bonds is 5. The molecule has 0 radical (unpaired) electrons. The lowest BCUT2D eigenvalue weighted by Crippen LogP contribution is -2.43. The fourth-order valence-corrected chi connectivity index (χ4v) is 1.40. The van der Waals surface area contributed by atoms with Crippen LogP contribution in [-0.2, 0) is 9.53 Å². The summed E-state index contributed by atoms with van der Waals surface area (Å²) in [6.45, 7) is 6.74. The first-order valence-corrected chi connectivity index (χ1v) is 4.84. The molecule has 14 heavy (non-hydrogen) atoms. The molecule has 0 aromatic rings. The van der Waals surface area contributed by atoms with Crippen molar-refractivity contribution in [2.24, 2.45) is 5.92 Å². The summed E-state index contributed by atoms with van der Waals surface area (Å²) in [7, 11) is 0. The van der Waals surface area contributed by atoms with Crippen LogP contribution in [0, 0.1) is 5.92 Å². The Morgan fingerprint density at radius 1 is 1.57 bits per heavy atom. The largest absolute Gasteiger partial charge is 0.464 e. The van der Waals surface area contributed by atoms with Crippen molar-refractivity contribution < 1.29 is 19.0 Å². The molecule has 84 valence electrons. The maximum absolute atomic E-state index is 13.4. The maximum Gasteiger partial charge on any atom is 0.343 e. The molecule has 0 aliphatic carbocycles. The second-order valence-electron chi connectivity index (χ2n) is 4.07. The fourth-order valence-electron chi connectivity index (χ4n) is 1.40. The smallest absolute Gasteiger partial charge is 0.343 e. The van der Waals surface area contributed by atoms with E-state index in [1.807, 2.05) is 13.8 Å². The zero-order valence-electron chi connectivity index (χ0n) is 9.21. The van der Waals surface area contributed by atoms with Crippen molar-refractivity contribution in [1.29, 1.82) is 0 Å². The van der Waals surface area contributed by atoms with E-state index in [1.54, 1.807) is 6.92 Å². The molecule has 0 saturated carbocycles. The first-order chi connectivity index (χ1) is 6.31. The van der Waals surface area contributed by atoms with Crippen LogP contribution in [0.2, 0.25) is 0 Å². The summed E-state index contributed by atoms with van der Waals surface area (Å²) < 4.78 is 17.9. The summed E-state index contributed by atoms with van der Waals surface area (Å²) in [5, 5.41) is 9.67. The highest BCUT2D eigenvalue weighted by molar-refractivity contribution is 5.76. The molecule has 0 fully saturated rings. The molecule has 1 N–H and O–H groups in total. The highest BCUT2D eigenvalue weighted by Gasteiger charge is 2.39. The van der Waals surface area contributed by atoms with Crippen molar-refractivity contribution in [2.45, 2.75) is 45.9 Å². The maximum atomic E-state index is 13.4. The van der Waals surface area contributed by atoms with Crippen LogP contribution in [0.25, 0.3) is 0 Å². The number of hydrogen-bond donors (Lipinski definition) is 1. The van der Waals surface area contributed by atoms with Crippen LogP contribution in [0.3, 0.4) is 0 Å². The van der Waals surface area contributed by atoms with Crippen LogP contribution >= 0.6 is 0 Å². The molecule has 0 aromatic heterocycles. The Hall–Kier alpha value is -0.640. The van der Waals surface area contributed by atoms with Gasteiger partial charge in [0.15, 0.2) is 0 Å². The van der Waals surface area contributed by atoms with Gasteiger partial charge in [0.25, 0.3) is 0 Å². The number of aliphatic hydroxyl groups is 1. The molecule has 2 unspecified atom stereocenters. The van der Waals surface area contributed by atoms with Gasteiger partial charge in [-0.2, -0.15) is 0 Å². The van der Waals surface area contributed by atoms with Crippen LogP contribution < -0.4 is 0 Å². The molecule has 0 heterocycles. The third kappa shape index (κ3) is 4.05. The third-order valence-corrected chi connectivity index (χ3v) is 1.86. The number of esters is 1. The second kappa shape index (κ2) is 5.29. The Kier molecular flexibility index (Phi) is 5.05. The SMILES string of the molecule is CCOC(=O)C(F)C(C)(O)CC(C)C. The van der Waals surface area contributed by atoms with E-state index < -0.39 is 17.7 Å². The minimum atomic E-state index is -1.97. The van der Waals surface area contributed by atoms with Crippen LogP contribution in [0.15, 0.2) is 0 Å². The molecule has 0 bridgehead atoms. The standard InChI is InChI=1S/C10H19FO3/c1-5-14-9(12)8(11)10(4,13)6-7(2)3/h7-8,13H,5-6H2,1-4H3. The highest BCUT2D eigenvalue weighted by atomic mass is 19.1. The Labute approximate surface area is 84.3 Å². The summed E-state index contributed by atoms with van der Waals surface area (Å²) in [5.41, 5.74) is -1.64. The Morgan fingerprint density at radius 2 is 2.07 bits per heavy atom. The Balaban J connectivity index is 4.33. The molecule has 3 nitrogen and oxygen atoms in total. The van der Waals surface area contributed by atoms with Gasteiger partial charge in [-0.1, -0.05) is 13.8 Å². The summed E-state index contributed by atoms with van der Waals surface area (Å²) >= 11 is 0. The monoisotopic (exact) mass is 206 g/mol. The van der Waals surface area contributed by atoms with Gasteiger partial charge in [-0.25, -0.2) is 9.18 Å². The van der Waals surface area contributed by atoms with E-state index in [0.29, 0.717) is 0 Å². The lowest BCUT2D eigenvalue weighted by molar-refractivity contribution is -0.160. The van der Waals surface area contributed by atoms with Gasteiger partial charge in [0.2, 0.25) is 6.17 Å². The van der Waals surface area contributed by atoms with Gasteiger partial charge in [0.05, 0.1) is 6.61 Å². The second-order valence-corrected chi connectivity index (χ2v) is 4.07. The van der Waals surface area contributed by atoms with Crippen molar-refractivity contribution in [2.75, 3.05) is 6.61 Å². The van der Waals surface area contributed by atoms with Crippen molar-refractivity contribution in [3.8, 4) is 0 Å². The van der Waals surface area contributed by atoms with Gasteiger partial charge >= 0.3 is 5.97 Å². The molecule has 0 aromatic carbocycles. The molecule has 2 atom stereocenters. The number of alkyl halides is 1. The van der Waals surface area contributed by atoms with Crippen LogP contribution in [0.5, 0.6) is 0 Å². The van der Waals surface area contributed by atoms with E-state index >= 15 is 0 Å². The highest BCUT2D eigenvalue weighted by Crippen LogP contribution is 2.23. The molecular formula is C10H19FO3. The molecule has 4 heteroatoms. The zero-order valence-corrected chi connectivity index (χ0v) is 9.21. The number of carbonyl (C=O) groups is 1. The van der Waals surface area contributed by atoms with Gasteiger partial charge in [0, 0.05) is 0 Å². The molecule has 0 rings (SSSR count). The van der Waals surface area contributed by atoms with E-state index in [4.69, 9.17) is 0 Å². The van der Waals surface area contributed by atoms with E-state index in [1.165, 1.54) is 6.92 Å². The van der Waals surface area contributed by atoms with Crippen LogP contribution in [-0.4, -0.2) is 29.5 Å². The van der Waals surface area contributed by atoms with E-state index in [9.17, 15) is 14.3 Å². The summed E-state index contributed by atoms with van der Waals surface area (Å²) in [4.78, 5) is 11.0. The lowest BCUT2D eigenvalue weighted by Gasteiger charge is -2.27. The van der Waals surface area contributed by atoms with Crippen molar-refractivity contribution in [3.63, 3.8) is 0 Å². The molecule has 0 amide bonds. The van der Waals surface area contributed by atoms with Crippen molar-refractivity contribution in [3.05, 3.63) is 0 Å². The molecule has 0 saturated heterocycles. The summed E-state index contributed by atoms with van der Waals surface area (Å²) in [6, 6.07) is 0. The molecule has 0 aliphatic rings. The van der Waals surface area contributed by atoms with Gasteiger partial charge in [-0.3, -0.25) is 0 Å². The van der Waals surface area contributed by atoms with E-state index in [0.717, 1.165) is 0 Å². The average molecular weight is 206 g/mol. The van der Waals surface area contributed by atoms with Crippen molar-refractivity contribution in [1.82, 2.24) is 0 Å². The number of carbonyl (C=O) groups excluding carboxylic acids is 1. The van der Waals surface area contributed by atoms with Crippen molar-refractivity contribution >= 4 is 5.97 Å². The normalized spacial score (nSPS) is 17.6. The fraction of sp³-hybridized carbons (Fsp3) is 0.900. The summed E-state index contributed by atoms with van der Waals surface area (Å²) in [6.07, 6.45) is -1.74. The van der Waals surface area contributed by atoms with Gasteiger partial charge < -0.3 is 9.84 Å².